The predicted molar refractivity (Wildman–Crippen MR) is 133 cm³/mol. The van der Waals surface area contributed by atoms with E-state index in [-0.39, 0.29) is 22.1 Å². The number of carbonyl (C=O) groups excluding carboxylic acids is 1. The van der Waals surface area contributed by atoms with E-state index in [4.69, 9.17) is 4.74 Å². The van der Waals surface area contributed by atoms with E-state index in [1.54, 1.807) is 24.3 Å². The minimum atomic E-state index is -3.57. The third-order valence-corrected chi connectivity index (χ3v) is 9.30. The molecule has 1 N–H and O–H groups in total. The summed E-state index contributed by atoms with van der Waals surface area (Å²) in [5.74, 6) is 0.558. The van der Waals surface area contributed by atoms with Gasteiger partial charge in [0.05, 0.1) is 11.5 Å². The predicted octanol–water partition coefficient (Wildman–Crippen LogP) is 4.42. The van der Waals surface area contributed by atoms with E-state index < -0.39 is 10.0 Å². The first-order valence-corrected chi connectivity index (χ1v) is 13.9. The van der Waals surface area contributed by atoms with Crippen molar-refractivity contribution in [3.63, 3.8) is 0 Å². The van der Waals surface area contributed by atoms with Crippen molar-refractivity contribution >= 4 is 15.9 Å². The van der Waals surface area contributed by atoms with Crippen LogP contribution in [0, 0.1) is 12.8 Å². The van der Waals surface area contributed by atoms with Crippen LogP contribution in [-0.4, -0.2) is 44.9 Å². The van der Waals surface area contributed by atoms with E-state index >= 15 is 0 Å². The van der Waals surface area contributed by atoms with Gasteiger partial charge in [0.15, 0.2) is 0 Å². The molecule has 2 aromatic carbocycles. The molecule has 0 radical (unpaired) electrons. The lowest BCUT2D eigenvalue weighted by Crippen LogP contribution is -2.45. The Labute approximate surface area is 203 Å². The maximum atomic E-state index is 13.0. The van der Waals surface area contributed by atoms with Crippen LogP contribution >= 0.6 is 0 Å². The van der Waals surface area contributed by atoms with Crippen LogP contribution in [0.2, 0.25) is 0 Å². The number of hydrogen-bond donors (Lipinski definition) is 1. The Morgan fingerprint density at radius 3 is 2.38 bits per heavy atom. The van der Waals surface area contributed by atoms with Crippen LogP contribution in [0.4, 0.5) is 0 Å². The average Bonchev–Trinajstić information content (AvgIpc) is 3.33. The van der Waals surface area contributed by atoms with Gasteiger partial charge in [-0.05, 0) is 69.4 Å². The molecule has 1 aliphatic carbocycles. The van der Waals surface area contributed by atoms with Crippen molar-refractivity contribution < 1.29 is 17.9 Å². The molecule has 1 saturated heterocycles. The van der Waals surface area contributed by atoms with E-state index in [2.05, 4.69) is 36.5 Å². The van der Waals surface area contributed by atoms with Crippen LogP contribution in [0.3, 0.4) is 0 Å². The number of rotatable bonds is 8. The molecule has 1 amide bonds. The molecular weight excluding hydrogens is 448 g/mol. The fourth-order valence-corrected chi connectivity index (χ4v) is 6.85. The summed E-state index contributed by atoms with van der Waals surface area (Å²) >= 11 is 0. The number of benzene rings is 2. The van der Waals surface area contributed by atoms with Crippen molar-refractivity contribution in [1.82, 2.24) is 9.62 Å². The summed E-state index contributed by atoms with van der Waals surface area (Å²) in [5.41, 5.74) is 2.58. The van der Waals surface area contributed by atoms with Gasteiger partial charge in [-0.15, -0.1) is 0 Å². The monoisotopic (exact) mass is 484 g/mol. The summed E-state index contributed by atoms with van der Waals surface area (Å²) in [5, 5.41) is 3.24. The molecule has 7 heteroatoms. The van der Waals surface area contributed by atoms with Crippen LogP contribution < -0.4 is 10.1 Å². The highest BCUT2D eigenvalue weighted by atomic mass is 32.2. The molecule has 2 aromatic rings. The summed E-state index contributed by atoms with van der Waals surface area (Å²) < 4.78 is 33.0. The van der Waals surface area contributed by atoms with Gasteiger partial charge in [0, 0.05) is 31.0 Å². The van der Waals surface area contributed by atoms with E-state index in [9.17, 15) is 13.2 Å². The van der Waals surface area contributed by atoms with Crippen LogP contribution in [0.25, 0.3) is 0 Å². The zero-order chi connectivity index (χ0) is 24.2. The number of ether oxygens (including phenoxy) is 1. The number of aryl methyl sites for hydroxylation is 1. The second-order valence-corrected chi connectivity index (χ2v) is 11.6. The van der Waals surface area contributed by atoms with Gasteiger partial charge in [0.25, 0.3) is 0 Å². The van der Waals surface area contributed by atoms with Gasteiger partial charge in [-0.1, -0.05) is 42.7 Å². The average molecular weight is 485 g/mol. The van der Waals surface area contributed by atoms with Crippen LogP contribution in [0.1, 0.15) is 56.6 Å². The molecule has 2 aliphatic rings. The van der Waals surface area contributed by atoms with E-state index in [1.165, 1.54) is 28.3 Å². The number of nitrogens with one attached hydrogen (secondary N) is 1. The van der Waals surface area contributed by atoms with Crippen molar-refractivity contribution in [2.45, 2.75) is 62.7 Å². The molecular formula is C27H36N2O4S. The van der Waals surface area contributed by atoms with Crippen LogP contribution in [-0.2, 0) is 20.2 Å². The Kier molecular flexibility index (Phi) is 7.63. The third-order valence-electron chi connectivity index (χ3n) is 7.39. The number of carbonyl (C=O) groups is 1. The highest BCUT2D eigenvalue weighted by Gasteiger charge is 2.37. The Bertz CT molecular complexity index is 1080. The first-order chi connectivity index (χ1) is 16.3. The summed E-state index contributed by atoms with van der Waals surface area (Å²) in [4.78, 5) is 13.3. The molecule has 0 spiro atoms. The maximum Gasteiger partial charge on any atom is 0.243 e. The van der Waals surface area contributed by atoms with Crippen molar-refractivity contribution in [3.8, 4) is 5.75 Å². The SMILES string of the molecule is CCOc1ccc(S(=O)(=O)N2CCC(C(=O)NCC3(c4cccc(C)c4)CCCC3)CC2)cc1. The maximum absolute atomic E-state index is 13.0. The summed E-state index contributed by atoms with van der Waals surface area (Å²) in [6, 6.07) is 15.2. The Morgan fingerprint density at radius 2 is 1.76 bits per heavy atom. The molecule has 0 aromatic heterocycles. The standard InChI is InChI=1S/C27H36N2O4S/c1-3-33-24-9-11-25(12-10-24)34(31,32)29-17-13-22(14-18-29)26(30)28-20-27(15-4-5-16-27)23-8-6-7-21(2)19-23/h6-12,19,22H,3-5,13-18,20H2,1-2H3,(H,28,30). The van der Waals surface area contributed by atoms with Gasteiger partial charge in [-0.3, -0.25) is 4.79 Å². The van der Waals surface area contributed by atoms with Gasteiger partial charge < -0.3 is 10.1 Å². The van der Waals surface area contributed by atoms with Crippen molar-refractivity contribution in [1.29, 1.82) is 0 Å². The van der Waals surface area contributed by atoms with Crippen LogP contribution in [0.5, 0.6) is 5.75 Å². The Morgan fingerprint density at radius 1 is 1.09 bits per heavy atom. The minimum absolute atomic E-state index is 0.0133. The van der Waals surface area contributed by atoms with Gasteiger partial charge in [0.1, 0.15) is 5.75 Å². The van der Waals surface area contributed by atoms with E-state index in [0.29, 0.717) is 44.8 Å². The number of hydrogen-bond acceptors (Lipinski definition) is 4. The second-order valence-electron chi connectivity index (χ2n) is 9.66. The van der Waals surface area contributed by atoms with Crippen LogP contribution in [0.15, 0.2) is 53.4 Å². The highest BCUT2D eigenvalue weighted by molar-refractivity contribution is 7.89. The second kappa shape index (κ2) is 10.5. The first kappa shape index (κ1) is 24.7. The van der Waals surface area contributed by atoms with E-state index in [0.717, 1.165) is 12.8 Å². The van der Waals surface area contributed by atoms with Gasteiger partial charge in [-0.25, -0.2) is 8.42 Å². The molecule has 1 aliphatic heterocycles. The molecule has 1 saturated carbocycles. The lowest BCUT2D eigenvalue weighted by molar-refractivity contribution is -0.126. The zero-order valence-corrected chi connectivity index (χ0v) is 21.1. The largest absolute Gasteiger partial charge is 0.494 e. The number of sulfonamides is 1. The third kappa shape index (κ3) is 5.31. The molecule has 0 unspecified atom stereocenters. The summed E-state index contributed by atoms with van der Waals surface area (Å²) in [7, 11) is -3.57. The molecule has 34 heavy (non-hydrogen) atoms. The molecule has 184 valence electrons. The number of nitrogens with zero attached hydrogens (tertiary/aromatic N) is 1. The molecule has 1 heterocycles. The van der Waals surface area contributed by atoms with Crippen molar-refractivity contribution in [3.05, 3.63) is 59.7 Å². The normalized spacial score (nSPS) is 19.1. The molecule has 6 nitrogen and oxygen atoms in total. The Balaban J connectivity index is 1.34. The fraction of sp³-hybridized carbons (Fsp3) is 0.519. The molecule has 0 atom stereocenters. The lowest BCUT2D eigenvalue weighted by atomic mass is 9.78. The topological polar surface area (TPSA) is 75.7 Å². The smallest absolute Gasteiger partial charge is 0.243 e. The molecule has 4 rings (SSSR count). The fourth-order valence-electron chi connectivity index (χ4n) is 5.38. The van der Waals surface area contributed by atoms with Gasteiger partial charge >= 0.3 is 0 Å². The zero-order valence-electron chi connectivity index (χ0n) is 20.3. The van der Waals surface area contributed by atoms with E-state index in [1.807, 2.05) is 6.92 Å². The first-order valence-electron chi connectivity index (χ1n) is 12.4. The lowest BCUT2D eigenvalue weighted by Gasteiger charge is -2.33. The van der Waals surface area contributed by atoms with Gasteiger partial charge in [0.2, 0.25) is 15.9 Å². The molecule has 2 fully saturated rings. The van der Waals surface area contributed by atoms with Crippen molar-refractivity contribution in [2.75, 3.05) is 26.2 Å². The highest BCUT2D eigenvalue weighted by Crippen LogP contribution is 2.41. The van der Waals surface area contributed by atoms with Crippen molar-refractivity contribution in [2.24, 2.45) is 5.92 Å². The summed E-state index contributed by atoms with van der Waals surface area (Å²) in [6.07, 6.45) is 5.64. The van der Waals surface area contributed by atoms with Gasteiger partial charge in [-0.2, -0.15) is 4.31 Å². The number of amides is 1. The molecule has 0 bridgehead atoms. The summed E-state index contributed by atoms with van der Waals surface area (Å²) in [6.45, 7) is 5.90. The minimum Gasteiger partial charge on any atom is -0.494 e. The Hall–Kier alpha value is -2.38. The quantitative estimate of drug-likeness (QED) is 0.602. The number of piperidine rings is 1.